The van der Waals surface area contributed by atoms with Gasteiger partial charge in [0.25, 0.3) is 0 Å². The summed E-state index contributed by atoms with van der Waals surface area (Å²) in [6.45, 7) is -1.22. The number of amides is 3. The van der Waals surface area contributed by atoms with Crippen LogP contribution in [-0.2, 0) is 24.0 Å². The van der Waals surface area contributed by atoms with Crippen molar-refractivity contribution in [3.05, 3.63) is 0 Å². The number of aliphatic hydroxyl groups excluding tert-OH is 1. The Kier molecular flexibility index (Phi) is 11.8. The molecule has 0 rings (SSSR count). The van der Waals surface area contributed by atoms with E-state index in [9.17, 15) is 24.0 Å². The maximum absolute atomic E-state index is 12.2. The van der Waals surface area contributed by atoms with Gasteiger partial charge < -0.3 is 37.0 Å². The van der Waals surface area contributed by atoms with Crippen molar-refractivity contribution in [1.82, 2.24) is 16.0 Å². The van der Waals surface area contributed by atoms with Crippen LogP contribution in [0.2, 0.25) is 0 Å². The molecule has 0 saturated carbocycles. The van der Waals surface area contributed by atoms with Crippen LogP contribution in [0.25, 0.3) is 0 Å². The van der Waals surface area contributed by atoms with Crippen molar-refractivity contribution < 1.29 is 39.3 Å². The van der Waals surface area contributed by atoms with E-state index in [2.05, 4.69) is 10.6 Å². The van der Waals surface area contributed by atoms with E-state index < -0.39 is 67.4 Å². The molecule has 12 nitrogen and oxygen atoms in total. The molecule has 0 saturated heterocycles. The molecule has 0 aliphatic heterocycles. The van der Waals surface area contributed by atoms with Gasteiger partial charge in [0.2, 0.25) is 17.7 Å². The minimum atomic E-state index is -1.64. The first-order chi connectivity index (χ1) is 12.6. The molecule has 3 unspecified atom stereocenters. The van der Waals surface area contributed by atoms with Crippen molar-refractivity contribution in [3.63, 3.8) is 0 Å². The lowest BCUT2D eigenvalue weighted by atomic mass is 10.2. The van der Waals surface area contributed by atoms with Gasteiger partial charge in [0.15, 0.2) is 0 Å². The van der Waals surface area contributed by atoms with Gasteiger partial charge in [-0.1, -0.05) is 0 Å². The third-order valence-corrected chi connectivity index (χ3v) is 3.86. The predicted octanol–water partition coefficient (Wildman–Crippen LogP) is -3.30. The van der Waals surface area contributed by atoms with Gasteiger partial charge in [0.05, 0.1) is 19.6 Å². The van der Waals surface area contributed by atoms with Crippen molar-refractivity contribution in [2.75, 3.05) is 25.2 Å². The molecule has 0 bridgehead atoms. The molecule has 3 atom stereocenters. The third kappa shape index (κ3) is 10.4. The first-order valence-electron chi connectivity index (χ1n) is 7.79. The maximum atomic E-state index is 12.2. The standard InChI is InChI=1S/C14H24N4O8S/c1-27-3-2-8(18-12(23)7(15)6-19)13(24)16-5-10(20)17-9(14(25)26)4-11(21)22/h7-9,19H,2-6,15H2,1H3,(H,16,24)(H,17,20)(H,18,23)(H,21,22)(H,25,26). The van der Waals surface area contributed by atoms with Crippen LogP contribution in [0.3, 0.4) is 0 Å². The van der Waals surface area contributed by atoms with E-state index in [1.54, 1.807) is 6.26 Å². The minimum absolute atomic E-state index is 0.231. The topological polar surface area (TPSA) is 208 Å². The Morgan fingerprint density at radius 2 is 1.67 bits per heavy atom. The lowest BCUT2D eigenvalue weighted by Gasteiger charge is -2.20. The van der Waals surface area contributed by atoms with Crippen LogP contribution in [0.1, 0.15) is 12.8 Å². The zero-order valence-electron chi connectivity index (χ0n) is 14.6. The second-order valence-corrected chi connectivity index (χ2v) is 6.39. The summed E-state index contributed by atoms with van der Waals surface area (Å²) < 4.78 is 0. The van der Waals surface area contributed by atoms with Crippen molar-refractivity contribution in [1.29, 1.82) is 0 Å². The molecule has 3 amide bonds. The van der Waals surface area contributed by atoms with Gasteiger partial charge in [-0.25, -0.2) is 4.79 Å². The summed E-state index contributed by atoms with van der Waals surface area (Å²) >= 11 is 1.42. The fourth-order valence-electron chi connectivity index (χ4n) is 1.78. The van der Waals surface area contributed by atoms with E-state index in [1.807, 2.05) is 5.32 Å². The molecule has 0 aliphatic carbocycles. The number of rotatable bonds is 13. The van der Waals surface area contributed by atoms with Crippen LogP contribution >= 0.6 is 11.8 Å². The van der Waals surface area contributed by atoms with Crippen LogP contribution in [0, 0.1) is 0 Å². The summed E-state index contributed by atoms with van der Waals surface area (Å²) in [4.78, 5) is 57.1. The van der Waals surface area contributed by atoms with Gasteiger partial charge in [0, 0.05) is 0 Å². The molecule has 0 fully saturated rings. The number of nitrogens with one attached hydrogen (secondary N) is 3. The van der Waals surface area contributed by atoms with E-state index in [-0.39, 0.29) is 6.42 Å². The summed E-state index contributed by atoms with van der Waals surface area (Å²) in [5.41, 5.74) is 5.37. The number of aliphatic carboxylic acids is 2. The van der Waals surface area contributed by atoms with Crippen LogP contribution in [0.5, 0.6) is 0 Å². The minimum Gasteiger partial charge on any atom is -0.481 e. The fraction of sp³-hybridized carbons (Fsp3) is 0.643. The fourth-order valence-corrected chi connectivity index (χ4v) is 2.25. The summed E-state index contributed by atoms with van der Waals surface area (Å²) in [5, 5.41) is 32.9. The van der Waals surface area contributed by atoms with Crippen LogP contribution in [0.4, 0.5) is 0 Å². The zero-order valence-corrected chi connectivity index (χ0v) is 15.5. The van der Waals surface area contributed by atoms with Crippen LogP contribution < -0.4 is 21.7 Å². The molecule has 0 radical (unpaired) electrons. The average molecular weight is 408 g/mol. The number of hydrogen-bond donors (Lipinski definition) is 7. The highest BCUT2D eigenvalue weighted by Crippen LogP contribution is 2.01. The van der Waals surface area contributed by atoms with E-state index in [0.29, 0.717) is 5.75 Å². The van der Waals surface area contributed by atoms with Gasteiger partial charge in [-0.15, -0.1) is 0 Å². The van der Waals surface area contributed by atoms with Gasteiger partial charge in [-0.05, 0) is 18.4 Å². The van der Waals surface area contributed by atoms with E-state index in [1.165, 1.54) is 11.8 Å². The number of hydrogen-bond acceptors (Lipinski definition) is 8. The molecular weight excluding hydrogens is 384 g/mol. The van der Waals surface area contributed by atoms with E-state index in [4.69, 9.17) is 21.1 Å². The zero-order chi connectivity index (χ0) is 21.0. The quantitative estimate of drug-likeness (QED) is 0.161. The first kappa shape index (κ1) is 24.6. The molecule has 0 aromatic rings. The molecule has 0 aliphatic rings. The van der Waals surface area contributed by atoms with Gasteiger partial charge in [-0.3, -0.25) is 19.2 Å². The Hall–Kier alpha value is -2.38. The van der Waals surface area contributed by atoms with E-state index >= 15 is 0 Å². The van der Waals surface area contributed by atoms with Crippen molar-refractivity contribution >= 4 is 41.4 Å². The molecule has 0 heterocycles. The Labute approximate surface area is 159 Å². The highest BCUT2D eigenvalue weighted by molar-refractivity contribution is 7.98. The predicted molar refractivity (Wildman–Crippen MR) is 94.8 cm³/mol. The smallest absolute Gasteiger partial charge is 0.326 e. The average Bonchev–Trinajstić information content (AvgIpc) is 2.60. The summed E-state index contributed by atoms with van der Waals surface area (Å²) in [5.74, 6) is -4.78. The molecule has 13 heteroatoms. The number of carbonyl (C=O) groups is 5. The molecular formula is C14H24N4O8S. The van der Waals surface area contributed by atoms with Crippen LogP contribution in [-0.4, -0.2) is 88.3 Å². The molecule has 0 spiro atoms. The molecule has 27 heavy (non-hydrogen) atoms. The molecule has 154 valence electrons. The van der Waals surface area contributed by atoms with Gasteiger partial charge in [-0.2, -0.15) is 11.8 Å². The number of nitrogens with two attached hydrogens (primary N) is 1. The monoisotopic (exact) mass is 408 g/mol. The molecule has 0 aromatic heterocycles. The SMILES string of the molecule is CSCCC(NC(=O)C(N)CO)C(=O)NCC(=O)NC(CC(=O)O)C(=O)O. The third-order valence-electron chi connectivity index (χ3n) is 3.21. The van der Waals surface area contributed by atoms with Gasteiger partial charge >= 0.3 is 11.9 Å². The normalized spacial score (nSPS) is 13.7. The Morgan fingerprint density at radius 1 is 1.04 bits per heavy atom. The van der Waals surface area contributed by atoms with E-state index in [0.717, 1.165) is 0 Å². The maximum Gasteiger partial charge on any atom is 0.326 e. The number of thioether (sulfide) groups is 1. The highest BCUT2D eigenvalue weighted by atomic mass is 32.2. The first-order valence-corrected chi connectivity index (χ1v) is 9.19. The van der Waals surface area contributed by atoms with Crippen molar-refractivity contribution in [3.8, 4) is 0 Å². The summed E-state index contributed by atoms with van der Waals surface area (Å²) in [6.07, 6.45) is 1.20. The Bertz CT molecular complexity index is 559. The molecule has 0 aromatic carbocycles. The number of carbonyl (C=O) groups excluding carboxylic acids is 3. The summed E-state index contributed by atoms with van der Waals surface area (Å²) in [7, 11) is 0. The Morgan fingerprint density at radius 3 is 2.15 bits per heavy atom. The van der Waals surface area contributed by atoms with Crippen molar-refractivity contribution in [2.24, 2.45) is 5.73 Å². The second-order valence-electron chi connectivity index (χ2n) is 5.41. The lowest BCUT2D eigenvalue weighted by Crippen LogP contribution is -2.54. The highest BCUT2D eigenvalue weighted by Gasteiger charge is 2.25. The molecule has 8 N–H and O–H groups in total. The Balaban J connectivity index is 4.72. The van der Waals surface area contributed by atoms with Crippen molar-refractivity contribution in [2.45, 2.75) is 31.0 Å². The van der Waals surface area contributed by atoms with Gasteiger partial charge in [0.1, 0.15) is 18.1 Å². The number of carboxylic acids is 2. The number of aliphatic hydroxyl groups is 1. The largest absolute Gasteiger partial charge is 0.481 e. The van der Waals surface area contributed by atoms with Crippen LogP contribution in [0.15, 0.2) is 0 Å². The second kappa shape index (κ2) is 12.9. The number of carboxylic acid groups (broad SMARTS) is 2. The lowest BCUT2D eigenvalue weighted by molar-refractivity contribution is -0.147. The summed E-state index contributed by atoms with van der Waals surface area (Å²) in [6, 6.07) is -3.85.